The molecule has 0 aliphatic heterocycles. The standard InChI is InChI=1S/C20H18FN3O/c1-14(20(25)24-22-13-15-9-11-17(21)12-10-15)23-19-8-4-6-16-5-2-3-7-18(16)19/h2-14,23H,1H3,(H,24,25)/b22-13-/t14-/m0/s1. The molecule has 3 aromatic carbocycles. The normalized spacial score (nSPS) is 12.2. The largest absolute Gasteiger partial charge is 0.373 e. The van der Waals surface area contributed by atoms with E-state index in [9.17, 15) is 9.18 Å². The molecule has 25 heavy (non-hydrogen) atoms. The van der Waals surface area contributed by atoms with Crippen LogP contribution in [0.4, 0.5) is 10.1 Å². The number of fused-ring (bicyclic) bond motifs is 1. The number of amides is 1. The quantitative estimate of drug-likeness (QED) is 0.548. The second-order valence-electron chi connectivity index (χ2n) is 5.68. The summed E-state index contributed by atoms with van der Waals surface area (Å²) in [5.74, 6) is -0.569. The van der Waals surface area contributed by atoms with Crippen LogP contribution >= 0.6 is 0 Å². The lowest BCUT2D eigenvalue weighted by Crippen LogP contribution is -2.34. The predicted molar refractivity (Wildman–Crippen MR) is 99.2 cm³/mol. The molecule has 1 atom stereocenters. The number of nitrogens with zero attached hydrogens (tertiary/aromatic N) is 1. The molecule has 3 aromatic rings. The molecule has 0 aromatic heterocycles. The lowest BCUT2D eigenvalue weighted by Gasteiger charge is -2.15. The van der Waals surface area contributed by atoms with Crippen LogP contribution in [-0.4, -0.2) is 18.2 Å². The van der Waals surface area contributed by atoms with Crippen LogP contribution in [0.1, 0.15) is 12.5 Å². The fraction of sp³-hybridized carbons (Fsp3) is 0.100. The number of benzene rings is 3. The molecule has 3 rings (SSSR count). The van der Waals surface area contributed by atoms with Crippen molar-refractivity contribution in [2.75, 3.05) is 5.32 Å². The topological polar surface area (TPSA) is 53.5 Å². The zero-order valence-electron chi connectivity index (χ0n) is 13.7. The van der Waals surface area contributed by atoms with E-state index in [0.29, 0.717) is 5.56 Å². The number of anilines is 1. The number of nitrogens with one attached hydrogen (secondary N) is 2. The molecule has 1 amide bonds. The number of carbonyl (C=O) groups excluding carboxylic acids is 1. The molecule has 0 saturated heterocycles. The molecule has 4 nitrogen and oxygen atoms in total. The molecule has 0 saturated carbocycles. The Hall–Kier alpha value is -3.21. The monoisotopic (exact) mass is 335 g/mol. The number of hydrogen-bond acceptors (Lipinski definition) is 3. The van der Waals surface area contributed by atoms with Gasteiger partial charge in [-0.2, -0.15) is 5.10 Å². The van der Waals surface area contributed by atoms with Crippen molar-refractivity contribution in [1.82, 2.24) is 5.43 Å². The summed E-state index contributed by atoms with van der Waals surface area (Å²) in [6.07, 6.45) is 1.47. The highest BCUT2D eigenvalue weighted by Crippen LogP contribution is 2.23. The molecular formula is C20H18FN3O. The van der Waals surface area contributed by atoms with Gasteiger partial charge in [-0.1, -0.05) is 48.5 Å². The molecule has 0 fully saturated rings. The summed E-state index contributed by atoms with van der Waals surface area (Å²) in [4.78, 5) is 12.2. The maximum absolute atomic E-state index is 12.8. The van der Waals surface area contributed by atoms with Gasteiger partial charge in [0, 0.05) is 11.1 Å². The van der Waals surface area contributed by atoms with E-state index >= 15 is 0 Å². The van der Waals surface area contributed by atoms with E-state index in [2.05, 4.69) is 15.8 Å². The summed E-state index contributed by atoms with van der Waals surface area (Å²) < 4.78 is 12.8. The van der Waals surface area contributed by atoms with E-state index in [1.54, 1.807) is 19.1 Å². The van der Waals surface area contributed by atoms with Gasteiger partial charge in [0.05, 0.1) is 6.21 Å². The van der Waals surface area contributed by atoms with Crippen molar-refractivity contribution in [3.8, 4) is 0 Å². The van der Waals surface area contributed by atoms with Gasteiger partial charge in [0.15, 0.2) is 0 Å². The highest BCUT2D eigenvalue weighted by molar-refractivity contribution is 5.96. The summed E-state index contributed by atoms with van der Waals surface area (Å²) in [5, 5.41) is 9.28. The van der Waals surface area contributed by atoms with Crippen molar-refractivity contribution in [2.24, 2.45) is 5.10 Å². The van der Waals surface area contributed by atoms with E-state index in [1.807, 2.05) is 42.5 Å². The smallest absolute Gasteiger partial charge is 0.262 e. The SMILES string of the molecule is C[C@H](Nc1cccc2ccccc12)C(=O)N/N=C\c1ccc(F)cc1. The zero-order valence-corrected chi connectivity index (χ0v) is 13.7. The molecule has 0 aliphatic rings. The van der Waals surface area contributed by atoms with Gasteiger partial charge >= 0.3 is 0 Å². The molecule has 0 aliphatic carbocycles. The Labute approximate surface area is 145 Å². The lowest BCUT2D eigenvalue weighted by atomic mass is 10.1. The molecule has 5 heteroatoms. The Balaban J connectivity index is 1.63. The molecule has 0 spiro atoms. The highest BCUT2D eigenvalue weighted by atomic mass is 19.1. The average molecular weight is 335 g/mol. The minimum absolute atomic E-state index is 0.258. The van der Waals surface area contributed by atoms with Crippen LogP contribution in [0.5, 0.6) is 0 Å². The summed E-state index contributed by atoms with van der Waals surface area (Å²) in [6.45, 7) is 1.77. The summed E-state index contributed by atoms with van der Waals surface area (Å²) in [6, 6.07) is 19.3. The van der Waals surface area contributed by atoms with Gasteiger partial charge in [0.2, 0.25) is 0 Å². The van der Waals surface area contributed by atoms with Gasteiger partial charge in [-0.05, 0) is 36.1 Å². The van der Waals surface area contributed by atoms with Gasteiger partial charge < -0.3 is 5.32 Å². The minimum atomic E-state index is -0.462. The number of halogens is 1. The minimum Gasteiger partial charge on any atom is -0.373 e. The van der Waals surface area contributed by atoms with Crippen molar-refractivity contribution in [2.45, 2.75) is 13.0 Å². The van der Waals surface area contributed by atoms with Crippen LogP contribution in [-0.2, 0) is 4.79 Å². The van der Waals surface area contributed by atoms with Crippen LogP contribution < -0.4 is 10.7 Å². The Morgan fingerprint density at radius 1 is 1.04 bits per heavy atom. The van der Waals surface area contributed by atoms with Crippen molar-refractivity contribution >= 4 is 28.6 Å². The first-order valence-electron chi connectivity index (χ1n) is 7.96. The van der Waals surface area contributed by atoms with Crippen LogP contribution in [0, 0.1) is 5.82 Å². The Bertz CT molecular complexity index is 901. The maximum atomic E-state index is 12.8. The van der Waals surface area contributed by atoms with Gasteiger partial charge in [-0.25, -0.2) is 9.82 Å². The Kier molecular flexibility index (Phi) is 5.04. The third-order valence-electron chi connectivity index (χ3n) is 3.81. The molecule has 0 bridgehead atoms. The van der Waals surface area contributed by atoms with Crippen LogP contribution in [0.3, 0.4) is 0 Å². The van der Waals surface area contributed by atoms with Crippen molar-refractivity contribution in [3.63, 3.8) is 0 Å². The lowest BCUT2D eigenvalue weighted by molar-refractivity contribution is -0.121. The van der Waals surface area contributed by atoms with Crippen molar-refractivity contribution < 1.29 is 9.18 Å². The maximum Gasteiger partial charge on any atom is 0.262 e. The van der Waals surface area contributed by atoms with Crippen molar-refractivity contribution in [3.05, 3.63) is 78.1 Å². The van der Waals surface area contributed by atoms with E-state index < -0.39 is 6.04 Å². The molecule has 0 unspecified atom stereocenters. The van der Waals surface area contributed by atoms with E-state index in [-0.39, 0.29) is 11.7 Å². The summed E-state index contributed by atoms with van der Waals surface area (Å²) in [7, 11) is 0. The van der Waals surface area contributed by atoms with Crippen LogP contribution in [0.15, 0.2) is 71.8 Å². The van der Waals surface area contributed by atoms with Gasteiger partial charge in [-0.3, -0.25) is 4.79 Å². The first-order valence-corrected chi connectivity index (χ1v) is 7.96. The second-order valence-corrected chi connectivity index (χ2v) is 5.68. The Morgan fingerprint density at radius 3 is 2.56 bits per heavy atom. The van der Waals surface area contributed by atoms with Crippen LogP contribution in [0.2, 0.25) is 0 Å². The van der Waals surface area contributed by atoms with E-state index in [0.717, 1.165) is 16.5 Å². The number of carbonyl (C=O) groups is 1. The number of hydrogen-bond donors (Lipinski definition) is 2. The third kappa shape index (κ3) is 4.20. The molecular weight excluding hydrogens is 317 g/mol. The molecule has 2 N–H and O–H groups in total. The third-order valence-corrected chi connectivity index (χ3v) is 3.81. The first kappa shape index (κ1) is 16.6. The zero-order chi connectivity index (χ0) is 17.6. The van der Waals surface area contributed by atoms with Crippen molar-refractivity contribution in [1.29, 1.82) is 0 Å². The molecule has 126 valence electrons. The Morgan fingerprint density at radius 2 is 1.76 bits per heavy atom. The van der Waals surface area contributed by atoms with E-state index in [4.69, 9.17) is 0 Å². The average Bonchev–Trinajstić information content (AvgIpc) is 2.63. The predicted octanol–water partition coefficient (Wildman–Crippen LogP) is 3.93. The second kappa shape index (κ2) is 7.57. The fourth-order valence-corrected chi connectivity index (χ4v) is 2.47. The summed E-state index contributed by atoms with van der Waals surface area (Å²) >= 11 is 0. The first-order chi connectivity index (χ1) is 12.1. The van der Waals surface area contributed by atoms with Gasteiger partial charge in [0.1, 0.15) is 11.9 Å². The van der Waals surface area contributed by atoms with E-state index in [1.165, 1.54) is 18.3 Å². The number of hydrazone groups is 1. The van der Waals surface area contributed by atoms with Gasteiger partial charge in [0.25, 0.3) is 5.91 Å². The fourth-order valence-electron chi connectivity index (χ4n) is 2.47. The van der Waals surface area contributed by atoms with Gasteiger partial charge in [-0.15, -0.1) is 0 Å². The highest BCUT2D eigenvalue weighted by Gasteiger charge is 2.12. The molecule has 0 radical (unpaired) electrons. The summed E-state index contributed by atoms with van der Waals surface area (Å²) in [5.41, 5.74) is 4.08. The number of rotatable bonds is 5. The molecule has 0 heterocycles. The van der Waals surface area contributed by atoms with Crippen LogP contribution in [0.25, 0.3) is 10.8 Å².